The average Bonchev–Trinajstić information content (AvgIpc) is 2.77. The van der Waals surface area contributed by atoms with Gasteiger partial charge in [-0.15, -0.1) is 0 Å². The first-order valence-electron chi connectivity index (χ1n) is 5.72. The molecule has 0 aliphatic heterocycles. The summed E-state index contributed by atoms with van der Waals surface area (Å²) in [7, 11) is 1.83. The third-order valence-corrected chi connectivity index (χ3v) is 2.63. The summed E-state index contributed by atoms with van der Waals surface area (Å²) in [6.45, 7) is 0.506. The predicted molar refractivity (Wildman–Crippen MR) is 68.5 cm³/mol. The van der Waals surface area contributed by atoms with Crippen LogP contribution in [0.1, 0.15) is 5.69 Å². The van der Waals surface area contributed by atoms with E-state index in [9.17, 15) is 14.5 Å². The first-order valence-corrected chi connectivity index (χ1v) is 5.72. The van der Waals surface area contributed by atoms with Crippen LogP contribution in [0.2, 0.25) is 0 Å². The van der Waals surface area contributed by atoms with Crippen molar-refractivity contribution in [3.8, 4) is 0 Å². The van der Waals surface area contributed by atoms with Crippen LogP contribution in [-0.2, 0) is 13.5 Å². The molecule has 0 amide bonds. The van der Waals surface area contributed by atoms with Crippen LogP contribution in [0.4, 0.5) is 15.8 Å². The van der Waals surface area contributed by atoms with Gasteiger partial charge < -0.3 is 5.32 Å². The Morgan fingerprint density at radius 2 is 2.26 bits per heavy atom. The van der Waals surface area contributed by atoms with Gasteiger partial charge in [-0.1, -0.05) is 0 Å². The van der Waals surface area contributed by atoms with Crippen molar-refractivity contribution in [2.24, 2.45) is 7.05 Å². The minimum atomic E-state index is -0.629. The van der Waals surface area contributed by atoms with Crippen molar-refractivity contribution in [2.75, 3.05) is 11.9 Å². The van der Waals surface area contributed by atoms with Crippen molar-refractivity contribution < 1.29 is 9.31 Å². The van der Waals surface area contributed by atoms with Crippen molar-refractivity contribution in [1.82, 2.24) is 9.78 Å². The van der Waals surface area contributed by atoms with Crippen molar-refractivity contribution in [2.45, 2.75) is 6.42 Å². The topological polar surface area (TPSA) is 73.0 Å². The van der Waals surface area contributed by atoms with E-state index in [1.807, 2.05) is 19.3 Å². The summed E-state index contributed by atoms with van der Waals surface area (Å²) < 4.78 is 15.2. The average molecular weight is 264 g/mol. The van der Waals surface area contributed by atoms with Crippen LogP contribution in [0.3, 0.4) is 0 Å². The molecule has 0 spiro atoms. The highest BCUT2D eigenvalue weighted by atomic mass is 19.1. The number of aromatic nitrogens is 2. The van der Waals surface area contributed by atoms with E-state index in [4.69, 9.17) is 0 Å². The van der Waals surface area contributed by atoms with Crippen LogP contribution < -0.4 is 5.32 Å². The van der Waals surface area contributed by atoms with E-state index >= 15 is 0 Å². The summed E-state index contributed by atoms with van der Waals surface area (Å²) in [6, 6.07) is 5.43. The maximum Gasteiger partial charge on any atom is 0.272 e. The van der Waals surface area contributed by atoms with Crippen LogP contribution in [0.25, 0.3) is 0 Å². The smallest absolute Gasteiger partial charge is 0.272 e. The zero-order valence-electron chi connectivity index (χ0n) is 10.3. The number of hydrogen-bond donors (Lipinski definition) is 1. The number of nitrogens with zero attached hydrogens (tertiary/aromatic N) is 3. The Kier molecular flexibility index (Phi) is 3.74. The fourth-order valence-electron chi connectivity index (χ4n) is 1.68. The molecule has 0 unspecified atom stereocenters. The van der Waals surface area contributed by atoms with E-state index in [0.29, 0.717) is 13.0 Å². The molecule has 2 aromatic rings. The van der Waals surface area contributed by atoms with Gasteiger partial charge in [-0.05, 0) is 12.1 Å². The third-order valence-electron chi connectivity index (χ3n) is 2.63. The van der Waals surface area contributed by atoms with Crippen LogP contribution in [0, 0.1) is 15.9 Å². The van der Waals surface area contributed by atoms with Gasteiger partial charge in [0.2, 0.25) is 0 Å². The molecule has 1 heterocycles. The fraction of sp³-hybridized carbons (Fsp3) is 0.250. The molecule has 0 radical (unpaired) electrons. The fourth-order valence-corrected chi connectivity index (χ4v) is 1.68. The van der Waals surface area contributed by atoms with Crippen LogP contribution in [0.5, 0.6) is 0 Å². The largest absolute Gasteiger partial charge is 0.382 e. The number of nitro groups is 1. The van der Waals surface area contributed by atoms with Crippen LogP contribution in [-0.4, -0.2) is 21.2 Å². The molecule has 0 atom stereocenters. The monoisotopic (exact) mass is 264 g/mol. The molecule has 0 fully saturated rings. The van der Waals surface area contributed by atoms with Gasteiger partial charge in [-0.25, -0.2) is 4.39 Å². The quantitative estimate of drug-likeness (QED) is 0.663. The van der Waals surface area contributed by atoms with E-state index in [0.717, 1.165) is 11.8 Å². The van der Waals surface area contributed by atoms with Crippen LogP contribution in [0.15, 0.2) is 30.5 Å². The van der Waals surface area contributed by atoms with Gasteiger partial charge in [-0.3, -0.25) is 14.8 Å². The number of aryl methyl sites for hydroxylation is 1. The Morgan fingerprint density at radius 3 is 2.84 bits per heavy atom. The molecule has 0 saturated carbocycles. The van der Waals surface area contributed by atoms with Crippen molar-refractivity contribution in [1.29, 1.82) is 0 Å². The molecule has 7 heteroatoms. The highest BCUT2D eigenvalue weighted by Gasteiger charge is 2.10. The van der Waals surface area contributed by atoms with Gasteiger partial charge in [-0.2, -0.15) is 5.10 Å². The number of anilines is 1. The summed E-state index contributed by atoms with van der Waals surface area (Å²) in [6.07, 6.45) is 2.49. The van der Waals surface area contributed by atoms with Gasteiger partial charge >= 0.3 is 0 Å². The summed E-state index contributed by atoms with van der Waals surface area (Å²) in [4.78, 5) is 9.85. The Hall–Kier alpha value is -2.44. The lowest BCUT2D eigenvalue weighted by atomic mass is 10.2. The van der Waals surface area contributed by atoms with Gasteiger partial charge in [0.05, 0.1) is 22.4 Å². The number of rotatable bonds is 5. The first-order chi connectivity index (χ1) is 9.06. The van der Waals surface area contributed by atoms with Gasteiger partial charge in [0.15, 0.2) is 5.82 Å². The lowest BCUT2D eigenvalue weighted by Gasteiger charge is -2.06. The maximum atomic E-state index is 13.6. The Balaban J connectivity index is 1.94. The van der Waals surface area contributed by atoms with E-state index in [-0.39, 0.29) is 11.4 Å². The molecule has 19 heavy (non-hydrogen) atoms. The summed E-state index contributed by atoms with van der Waals surface area (Å²) in [5.41, 5.74) is 0.895. The molecular formula is C12H13FN4O2. The van der Waals surface area contributed by atoms with Gasteiger partial charge in [0.25, 0.3) is 5.69 Å². The Bertz CT molecular complexity index is 597. The van der Waals surface area contributed by atoms with E-state index in [1.54, 1.807) is 4.68 Å². The van der Waals surface area contributed by atoms with Gasteiger partial charge in [0, 0.05) is 32.3 Å². The molecule has 6 nitrogen and oxygen atoms in total. The second kappa shape index (κ2) is 5.47. The zero-order chi connectivity index (χ0) is 13.8. The molecule has 1 N–H and O–H groups in total. The summed E-state index contributed by atoms with van der Waals surface area (Å²) >= 11 is 0. The van der Waals surface area contributed by atoms with E-state index in [2.05, 4.69) is 10.4 Å². The number of nitrogens with one attached hydrogen (secondary N) is 1. The highest BCUT2D eigenvalue weighted by Crippen LogP contribution is 2.20. The summed E-state index contributed by atoms with van der Waals surface area (Å²) in [5.74, 6) is -0.629. The lowest BCUT2D eigenvalue weighted by molar-refractivity contribution is -0.385. The molecular weight excluding hydrogens is 251 g/mol. The first kappa shape index (κ1) is 13.0. The number of non-ortho nitro benzene ring substituents is 1. The molecule has 0 aliphatic rings. The second-order valence-corrected chi connectivity index (χ2v) is 4.08. The van der Waals surface area contributed by atoms with E-state index < -0.39 is 10.7 Å². The number of benzene rings is 1. The summed E-state index contributed by atoms with van der Waals surface area (Å²) in [5, 5.41) is 17.6. The van der Waals surface area contributed by atoms with Crippen LogP contribution >= 0.6 is 0 Å². The Labute approximate surface area is 109 Å². The van der Waals surface area contributed by atoms with Crippen molar-refractivity contribution >= 4 is 11.4 Å². The third kappa shape index (κ3) is 3.27. The molecule has 1 aromatic carbocycles. The normalized spacial score (nSPS) is 10.4. The highest BCUT2D eigenvalue weighted by molar-refractivity contribution is 5.50. The maximum absolute atomic E-state index is 13.6. The molecule has 2 rings (SSSR count). The van der Waals surface area contributed by atoms with Gasteiger partial charge in [0.1, 0.15) is 0 Å². The predicted octanol–water partition coefficient (Wildman–Crippen LogP) is 2.12. The molecule has 1 aromatic heterocycles. The number of nitro benzene ring substituents is 1. The second-order valence-electron chi connectivity index (χ2n) is 4.08. The lowest BCUT2D eigenvalue weighted by Crippen LogP contribution is -2.07. The molecule has 0 bridgehead atoms. The minimum absolute atomic E-state index is 0.251. The SMILES string of the molecule is Cn1ccc(CCNc2ccc([N+](=O)[O-])cc2F)n1. The molecule has 100 valence electrons. The zero-order valence-corrected chi connectivity index (χ0v) is 10.3. The van der Waals surface area contributed by atoms with Crippen molar-refractivity contribution in [3.05, 3.63) is 52.1 Å². The molecule has 0 aliphatic carbocycles. The standard InChI is InChI=1S/C12H13FN4O2/c1-16-7-5-9(15-16)4-6-14-12-3-2-10(17(18)19)8-11(12)13/h2-3,5,7-8,14H,4,6H2,1H3. The number of halogens is 1. The Morgan fingerprint density at radius 1 is 1.47 bits per heavy atom. The van der Waals surface area contributed by atoms with Crippen molar-refractivity contribution in [3.63, 3.8) is 0 Å². The number of hydrogen-bond acceptors (Lipinski definition) is 4. The minimum Gasteiger partial charge on any atom is -0.382 e. The molecule has 0 saturated heterocycles. The van der Waals surface area contributed by atoms with E-state index in [1.165, 1.54) is 12.1 Å².